The number of carbonyl (C=O) groups excluding carboxylic acids is 2. The van der Waals surface area contributed by atoms with Gasteiger partial charge in [0.25, 0.3) is 5.91 Å². The lowest BCUT2D eigenvalue weighted by Crippen LogP contribution is -2.55. The lowest BCUT2D eigenvalue weighted by Gasteiger charge is -2.31. The van der Waals surface area contributed by atoms with Gasteiger partial charge < -0.3 is 14.7 Å². The Bertz CT molecular complexity index is 666. The molecule has 0 radical (unpaired) electrons. The topological polar surface area (TPSA) is 75.4 Å². The molecule has 2 amide bonds. The normalized spacial score (nSPS) is 18.4. The molecule has 6 nitrogen and oxygen atoms in total. The van der Waals surface area contributed by atoms with Crippen LogP contribution in [0.4, 0.5) is 0 Å². The van der Waals surface area contributed by atoms with Gasteiger partial charge >= 0.3 is 0 Å². The highest BCUT2D eigenvalue weighted by Gasteiger charge is 2.31. The maximum absolute atomic E-state index is 12.4. The minimum atomic E-state index is -0.503. The van der Waals surface area contributed by atoms with E-state index in [1.54, 1.807) is 13.0 Å². The summed E-state index contributed by atoms with van der Waals surface area (Å²) in [5.74, 6) is -0.320. The molecule has 1 unspecified atom stereocenters. The Morgan fingerprint density at radius 1 is 1.38 bits per heavy atom. The summed E-state index contributed by atoms with van der Waals surface area (Å²) in [4.78, 5) is 25.5. The summed E-state index contributed by atoms with van der Waals surface area (Å²) in [5, 5.41) is 6.64. The first kappa shape index (κ1) is 13.4. The van der Waals surface area contributed by atoms with E-state index in [2.05, 4.69) is 10.5 Å². The van der Waals surface area contributed by atoms with Crippen molar-refractivity contribution in [2.75, 3.05) is 13.1 Å². The number of hydrogen-bond acceptors (Lipinski definition) is 4. The van der Waals surface area contributed by atoms with Crippen LogP contribution < -0.4 is 5.32 Å². The molecule has 1 aromatic carbocycles. The molecule has 1 N–H and O–H groups in total. The molecule has 1 atom stereocenters. The number of nitrogens with zero attached hydrogens (tertiary/aromatic N) is 2. The highest BCUT2D eigenvalue weighted by Crippen LogP contribution is 2.20. The third-order valence-electron chi connectivity index (χ3n) is 3.55. The third kappa shape index (κ3) is 2.52. The molecule has 1 aliphatic heterocycles. The van der Waals surface area contributed by atoms with Crippen LogP contribution in [0.25, 0.3) is 11.3 Å². The molecular weight excluding hydrogens is 270 g/mol. The van der Waals surface area contributed by atoms with Gasteiger partial charge in [-0.25, -0.2) is 0 Å². The maximum Gasteiger partial charge on any atom is 0.293 e. The van der Waals surface area contributed by atoms with Crippen LogP contribution in [-0.2, 0) is 4.79 Å². The fraction of sp³-hybridized carbons (Fsp3) is 0.267. The van der Waals surface area contributed by atoms with Gasteiger partial charge in [0.05, 0.1) is 0 Å². The van der Waals surface area contributed by atoms with Crippen LogP contribution >= 0.6 is 0 Å². The summed E-state index contributed by atoms with van der Waals surface area (Å²) in [6.07, 6.45) is 0. The molecule has 0 saturated carbocycles. The van der Waals surface area contributed by atoms with Crippen molar-refractivity contribution >= 4 is 11.8 Å². The number of nitrogens with one attached hydrogen (secondary N) is 1. The van der Waals surface area contributed by atoms with Crippen molar-refractivity contribution in [3.05, 3.63) is 42.2 Å². The third-order valence-corrected chi connectivity index (χ3v) is 3.55. The van der Waals surface area contributed by atoms with Crippen LogP contribution in [0, 0.1) is 0 Å². The van der Waals surface area contributed by atoms with Crippen molar-refractivity contribution in [3.8, 4) is 11.3 Å². The average Bonchev–Trinajstić information content (AvgIpc) is 3.00. The Balaban J connectivity index is 1.83. The second-order valence-corrected chi connectivity index (χ2v) is 4.91. The minimum absolute atomic E-state index is 0.149. The summed E-state index contributed by atoms with van der Waals surface area (Å²) < 4.78 is 5.14. The highest BCUT2D eigenvalue weighted by molar-refractivity contribution is 5.96. The smallest absolute Gasteiger partial charge is 0.293 e. The van der Waals surface area contributed by atoms with Gasteiger partial charge in [0, 0.05) is 24.7 Å². The first-order chi connectivity index (χ1) is 10.2. The van der Waals surface area contributed by atoms with Crippen LogP contribution in [0.5, 0.6) is 0 Å². The molecule has 1 saturated heterocycles. The van der Waals surface area contributed by atoms with Gasteiger partial charge in [0.2, 0.25) is 11.7 Å². The van der Waals surface area contributed by atoms with E-state index in [0.29, 0.717) is 18.8 Å². The quantitative estimate of drug-likeness (QED) is 0.902. The predicted molar refractivity (Wildman–Crippen MR) is 75.4 cm³/mol. The number of piperazine rings is 1. The second-order valence-electron chi connectivity index (χ2n) is 4.91. The molecule has 0 aliphatic carbocycles. The van der Waals surface area contributed by atoms with Crippen LogP contribution in [0.2, 0.25) is 0 Å². The molecule has 0 bridgehead atoms. The van der Waals surface area contributed by atoms with E-state index in [1.807, 2.05) is 30.3 Å². The number of benzene rings is 1. The molecule has 6 heteroatoms. The van der Waals surface area contributed by atoms with Gasteiger partial charge in [-0.05, 0) is 6.92 Å². The van der Waals surface area contributed by atoms with E-state index in [1.165, 1.54) is 4.90 Å². The molecule has 108 valence electrons. The van der Waals surface area contributed by atoms with E-state index in [4.69, 9.17) is 4.52 Å². The predicted octanol–water partition coefficient (Wildman–Crippen LogP) is 1.30. The van der Waals surface area contributed by atoms with Crippen molar-refractivity contribution < 1.29 is 14.1 Å². The van der Waals surface area contributed by atoms with Crippen LogP contribution in [0.15, 0.2) is 40.9 Å². The average molecular weight is 285 g/mol. The highest BCUT2D eigenvalue weighted by atomic mass is 16.5. The summed E-state index contributed by atoms with van der Waals surface area (Å²) in [7, 11) is 0. The standard InChI is InChI=1S/C15H15N3O3/c1-10-14(19)16-7-8-18(10)15(20)13-9-12(17-21-13)11-5-3-2-4-6-11/h2-6,9-10H,7-8H2,1H3,(H,16,19). The lowest BCUT2D eigenvalue weighted by atomic mass is 10.1. The van der Waals surface area contributed by atoms with Crippen molar-refractivity contribution in [3.63, 3.8) is 0 Å². The van der Waals surface area contributed by atoms with Gasteiger partial charge in [-0.15, -0.1) is 0 Å². The van der Waals surface area contributed by atoms with Crippen LogP contribution in [0.3, 0.4) is 0 Å². The molecule has 0 spiro atoms. The SMILES string of the molecule is CC1C(=O)NCCN1C(=O)c1cc(-c2ccccc2)no1. The van der Waals surface area contributed by atoms with E-state index in [9.17, 15) is 9.59 Å². The van der Waals surface area contributed by atoms with Gasteiger partial charge in [-0.3, -0.25) is 9.59 Å². The molecule has 1 aromatic heterocycles. The van der Waals surface area contributed by atoms with Gasteiger partial charge in [0.15, 0.2) is 0 Å². The zero-order valence-electron chi connectivity index (χ0n) is 11.6. The van der Waals surface area contributed by atoms with Crippen LogP contribution in [0.1, 0.15) is 17.5 Å². The summed E-state index contributed by atoms with van der Waals surface area (Å²) >= 11 is 0. The first-order valence-corrected chi connectivity index (χ1v) is 6.77. The summed E-state index contributed by atoms with van der Waals surface area (Å²) in [5.41, 5.74) is 1.48. The maximum atomic E-state index is 12.4. The molecule has 1 aliphatic rings. The fourth-order valence-electron chi connectivity index (χ4n) is 2.32. The zero-order valence-corrected chi connectivity index (χ0v) is 11.6. The Kier molecular flexibility index (Phi) is 3.43. The Hall–Kier alpha value is -2.63. The largest absolute Gasteiger partial charge is 0.353 e. The molecule has 2 heterocycles. The van der Waals surface area contributed by atoms with Gasteiger partial charge in [0.1, 0.15) is 11.7 Å². The molecule has 2 aromatic rings. The first-order valence-electron chi connectivity index (χ1n) is 6.77. The van der Waals surface area contributed by atoms with E-state index in [-0.39, 0.29) is 17.6 Å². The van der Waals surface area contributed by atoms with E-state index in [0.717, 1.165) is 5.56 Å². The Morgan fingerprint density at radius 3 is 2.90 bits per heavy atom. The van der Waals surface area contributed by atoms with Crippen molar-refractivity contribution in [1.29, 1.82) is 0 Å². The van der Waals surface area contributed by atoms with E-state index < -0.39 is 6.04 Å². The minimum Gasteiger partial charge on any atom is -0.353 e. The summed E-state index contributed by atoms with van der Waals surface area (Å²) in [6.45, 7) is 2.61. The number of carbonyl (C=O) groups is 2. The molecule has 1 fully saturated rings. The summed E-state index contributed by atoms with van der Waals surface area (Å²) in [6, 6.07) is 10.6. The lowest BCUT2D eigenvalue weighted by molar-refractivity contribution is -0.127. The number of rotatable bonds is 2. The van der Waals surface area contributed by atoms with E-state index >= 15 is 0 Å². The monoisotopic (exact) mass is 285 g/mol. The molecule has 21 heavy (non-hydrogen) atoms. The molecular formula is C15H15N3O3. The van der Waals surface area contributed by atoms with Crippen molar-refractivity contribution in [2.24, 2.45) is 0 Å². The number of amides is 2. The zero-order chi connectivity index (χ0) is 14.8. The number of hydrogen-bond donors (Lipinski definition) is 1. The molecule has 3 rings (SSSR count). The Morgan fingerprint density at radius 2 is 2.14 bits per heavy atom. The van der Waals surface area contributed by atoms with Crippen molar-refractivity contribution in [1.82, 2.24) is 15.4 Å². The Labute approximate surface area is 121 Å². The fourth-order valence-corrected chi connectivity index (χ4v) is 2.32. The van der Waals surface area contributed by atoms with Crippen molar-refractivity contribution in [2.45, 2.75) is 13.0 Å². The van der Waals surface area contributed by atoms with Gasteiger partial charge in [-0.2, -0.15) is 0 Å². The van der Waals surface area contributed by atoms with Crippen LogP contribution in [-0.4, -0.2) is 41.0 Å². The second kappa shape index (κ2) is 5.40. The number of aromatic nitrogens is 1. The van der Waals surface area contributed by atoms with Gasteiger partial charge in [-0.1, -0.05) is 35.5 Å².